The molecule has 7 heteroatoms. The Labute approximate surface area is 217 Å². The van der Waals surface area contributed by atoms with E-state index in [9.17, 15) is 9.59 Å². The zero-order valence-electron chi connectivity index (χ0n) is 22.2. The van der Waals surface area contributed by atoms with Gasteiger partial charge in [0.2, 0.25) is 5.91 Å². The Hall–Kier alpha value is -2.67. The predicted octanol–water partition coefficient (Wildman–Crippen LogP) is 5.03. The van der Waals surface area contributed by atoms with Gasteiger partial charge in [-0.25, -0.2) is 4.98 Å². The second-order valence-corrected chi connectivity index (χ2v) is 12.7. The van der Waals surface area contributed by atoms with Crippen molar-refractivity contribution in [3.63, 3.8) is 0 Å². The number of aromatic amines is 1. The number of nitrogens with one attached hydrogen (secondary N) is 1. The molecular formula is C29H38N4O2S. The van der Waals surface area contributed by atoms with Crippen LogP contribution in [-0.2, 0) is 24.1 Å². The van der Waals surface area contributed by atoms with Crippen molar-refractivity contribution in [2.45, 2.75) is 66.7 Å². The largest absolute Gasteiger partial charge is 0.368 e. The molecule has 5 rings (SSSR count). The van der Waals surface area contributed by atoms with Crippen LogP contribution in [0.2, 0.25) is 0 Å². The molecule has 1 aliphatic carbocycles. The number of hydrogen-bond donors (Lipinski definition) is 1. The number of hydrogen-bond acceptors (Lipinski definition) is 5. The summed E-state index contributed by atoms with van der Waals surface area (Å²) in [5.41, 5.74) is 5.22. The molecule has 1 saturated heterocycles. The van der Waals surface area contributed by atoms with Gasteiger partial charge < -0.3 is 14.8 Å². The first kappa shape index (κ1) is 25.0. The Kier molecular flexibility index (Phi) is 6.70. The van der Waals surface area contributed by atoms with Crippen LogP contribution in [0.3, 0.4) is 0 Å². The Bertz CT molecular complexity index is 1340. The molecule has 6 nitrogen and oxygen atoms in total. The van der Waals surface area contributed by atoms with Crippen LogP contribution >= 0.6 is 11.3 Å². The van der Waals surface area contributed by atoms with Crippen molar-refractivity contribution in [3.8, 4) is 0 Å². The van der Waals surface area contributed by atoms with Crippen LogP contribution in [-0.4, -0.2) is 47.0 Å². The van der Waals surface area contributed by atoms with Gasteiger partial charge in [0, 0.05) is 49.6 Å². The van der Waals surface area contributed by atoms with Crippen LogP contribution in [0.4, 0.5) is 5.69 Å². The van der Waals surface area contributed by atoms with Crippen molar-refractivity contribution in [1.82, 2.24) is 14.9 Å². The molecule has 3 aromatic rings. The van der Waals surface area contributed by atoms with E-state index in [4.69, 9.17) is 4.98 Å². The van der Waals surface area contributed by atoms with Gasteiger partial charge in [-0.2, -0.15) is 0 Å². The van der Waals surface area contributed by atoms with E-state index in [2.05, 4.69) is 62.7 Å². The number of thiophene rings is 1. The van der Waals surface area contributed by atoms with E-state index in [1.54, 1.807) is 11.3 Å². The van der Waals surface area contributed by atoms with Crippen molar-refractivity contribution in [3.05, 3.63) is 55.9 Å². The lowest BCUT2D eigenvalue weighted by molar-refractivity contribution is -0.131. The summed E-state index contributed by atoms with van der Waals surface area (Å²) in [5.74, 6) is 1.39. The summed E-state index contributed by atoms with van der Waals surface area (Å²) >= 11 is 1.68. The molecule has 2 aromatic heterocycles. The predicted molar refractivity (Wildman–Crippen MR) is 148 cm³/mol. The number of piperazine rings is 1. The van der Waals surface area contributed by atoms with Crippen LogP contribution in [0.15, 0.2) is 23.0 Å². The van der Waals surface area contributed by atoms with Gasteiger partial charge >= 0.3 is 0 Å². The summed E-state index contributed by atoms with van der Waals surface area (Å²) in [7, 11) is 0. The second kappa shape index (κ2) is 9.66. The molecule has 1 atom stereocenters. The minimum absolute atomic E-state index is 0.0451. The highest BCUT2D eigenvalue weighted by atomic mass is 32.1. The summed E-state index contributed by atoms with van der Waals surface area (Å²) in [4.78, 5) is 40.2. The van der Waals surface area contributed by atoms with Crippen molar-refractivity contribution in [1.29, 1.82) is 0 Å². The third kappa shape index (κ3) is 4.95. The van der Waals surface area contributed by atoms with E-state index in [-0.39, 0.29) is 16.9 Å². The number of anilines is 1. The third-order valence-corrected chi connectivity index (χ3v) is 9.25. The number of amides is 1. The van der Waals surface area contributed by atoms with Gasteiger partial charge in [0.25, 0.3) is 5.56 Å². The van der Waals surface area contributed by atoms with E-state index in [1.165, 1.54) is 27.3 Å². The van der Waals surface area contributed by atoms with E-state index in [0.29, 0.717) is 24.6 Å². The second-order valence-electron chi connectivity index (χ2n) is 11.7. The van der Waals surface area contributed by atoms with Crippen LogP contribution in [0, 0.1) is 25.2 Å². The number of carbonyl (C=O) groups is 1. The number of carbonyl (C=O) groups excluding carboxylic acids is 1. The molecule has 0 unspecified atom stereocenters. The first-order chi connectivity index (χ1) is 17.1. The lowest BCUT2D eigenvalue weighted by Gasteiger charge is -2.37. The first-order valence-corrected chi connectivity index (χ1v) is 14.0. The molecule has 2 aliphatic rings. The molecule has 1 amide bonds. The average molecular weight is 507 g/mol. The quantitative estimate of drug-likeness (QED) is 0.539. The number of aryl methyl sites for hydroxylation is 4. The molecule has 36 heavy (non-hydrogen) atoms. The number of nitrogens with zero attached hydrogens (tertiary/aromatic N) is 3. The van der Waals surface area contributed by atoms with Gasteiger partial charge in [0.1, 0.15) is 10.7 Å². The zero-order chi connectivity index (χ0) is 25.6. The van der Waals surface area contributed by atoms with Crippen molar-refractivity contribution in [2.24, 2.45) is 11.3 Å². The van der Waals surface area contributed by atoms with Gasteiger partial charge in [-0.3, -0.25) is 9.59 Å². The minimum atomic E-state index is -0.0451. The highest BCUT2D eigenvalue weighted by molar-refractivity contribution is 7.18. The van der Waals surface area contributed by atoms with Gasteiger partial charge in [0.15, 0.2) is 0 Å². The molecule has 1 aromatic carbocycles. The van der Waals surface area contributed by atoms with Crippen LogP contribution in [0.25, 0.3) is 10.2 Å². The van der Waals surface area contributed by atoms with Crippen molar-refractivity contribution < 1.29 is 4.79 Å². The van der Waals surface area contributed by atoms with Crippen LogP contribution in [0.1, 0.15) is 61.0 Å². The van der Waals surface area contributed by atoms with E-state index < -0.39 is 0 Å². The number of benzene rings is 1. The summed E-state index contributed by atoms with van der Waals surface area (Å²) in [6.45, 7) is 14.3. The molecular weight excluding hydrogens is 468 g/mol. The number of H-pyrrole nitrogens is 1. The third-order valence-electron chi connectivity index (χ3n) is 8.11. The summed E-state index contributed by atoms with van der Waals surface area (Å²) < 4.78 is 0. The molecule has 0 bridgehead atoms. The maximum absolute atomic E-state index is 13.0. The molecule has 0 radical (unpaired) electrons. The summed E-state index contributed by atoms with van der Waals surface area (Å²) in [5, 5.41) is 0.778. The molecule has 1 N–H and O–H groups in total. The Morgan fingerprint density at radius 3 is 2.64 bits per heavy atom. The Morgan fingerprint density at radius 1 is 1.17 bits per heavy atom. The Balaban J connectivity index is 1.22. The molecule has 192 valence electrons. The SMILES string of the molecule is Cc1ccc(C)c(N2CCN(C(=O)CCc3nc4sc5c(c4c(=O)[nH]3)CC[C@H](C(C)(C)C)C5)CC2)c1. The van der Waals surface area contributed by atoms with Crippen molar-refractivity contribution >= 4 is 33.1 Å². The van der Waals surface area contributed by atoms with Crippen LogP contribution in [0.5, 0.6) is 0 Å². The lowest BCUT2D eigenvalue weighted by Crippen LogP contribution is -2.49. The van der Waals surface area contributed by atoms with E-state index >= 15 is 0 Å². The van der Waals surface area contributed by atoms with Gasteiger partial charge in [0.05, 0.1) is 5.39 Å². The fourth-order valence-electron chi connectivity index (χ4n) is 5.73. The summed E-state index contributed by atoms with van der Waals surface area (Å²) in [6.07, 6.45) is 3.94. The highest BCUT2D eigenvalue weighted by Crippen LogP contribution is 2.42. The standard InChI is InChI=1S/C29H38N4O2S/c1-18-6-7-19(2)22(16-18)32-12-14-33(15-13-32)25(34)11-10-24-30-27(35)26-21-9-8-20(29(3,4)5)17-23(21)36-28(26)31-24/h6-7,16,20H,8-15,17H2,1-5H3,(H,30,31,35)/t20-/m0/s1. The maximum Gasteiger partial charge on any atom is 0.259 e. The van der Waals surface area contributed by atoms with E-state index in [1.807, 2.05) is 4.90 Å². The lowest BCUT2D eigenvalue weighted by atomic mass is 9.72. The number of rotatable bonds is 4. The highest BCUT2D eigenvalue weighted by Gasteiger charge is 2.31. The van der Waals surface area contributed by atoms with Crippen LogP contribution < -0.4 is 10.5 Å². The number of aromatic nitrogens is 2. The molecule has 0 saturated carbocycles. The first-order valence-electron chi connectivity index (χ1n) is 13.2. The fourth-order valence-corrected chi connectivity index (χ4v) is 7.05. The monoisotopic (exact) mass is 506 g/mol. The smallest absolute Gasteiger partial charge is 0.259 e. The average Bonchev–Trinajstić information content (AvgIpc) is 3.22. The molecule has 1 aliphatic heterocycles. The summed E-state index contributed by atoms with van der Waals surface area (Å²) in [6, 6.07) is 6.54. The normalized spacial score (nSPS) is 18.5. The molecule has 3 heterocycles. The molecule has 1 fully saturated rings. The van der Waals surface area contributed by atoms with E-state index in [0.717, 1.165) is 55.7 Å². The zero-order valence-corrected chi connectivity index (χ0v) is 23.1. The minimum Gasteiger partial charge on any atom is -0.368 e. The molecule has 0 spiro atoms. The fraction of sp³-hybridized carbons (Fsp3) is 0.552. The van der Waals surface area contributed by atoms with Gasteiger partial charge in [-0.05, 0) is 67.2 Å². The maximum atomic E-state index is 13.0. The van der Waals surface area contributed by atoms with Gasteiger partial charge in [-0.15, -0.1) is 11.3 Å². The van der Waals surface area contributed by atoms with Crippen molar-refractivity contribution in [2.75, 3.05) is 31.1 Å². The van der Waals surface area contributed by atoms with Gasteiger partial charge in [-0.1, -0.05) is 32.9 Å². The Morgan fingerprint density at radius 2 is 1.92 bits per heavy atom. The number of fused-ring (bicyclic) bond motifs is 3. The topological polar surface area (TPSA) is 69.3 Å².